The second-order valence-corrected chi connectivity index (χ2v) is 3.39. The largest absolute Gasteiger partial charge is 0.393 e. The lowest BCUT2D eigenvalue weighted by molar-refractivity contribution is -0.0784. The van der Waals surface area contributed by atoms with Crippen LogP contribution in [0.15, 0.2) is 0 Å². The Balaban J connectivity index is 2.51. The molecule has 0 heterocycles. The van der Waals surface area contributed by atoms with E-state index in [-0.39, 0.29) is 5.92 Å². The van der Waals surface area contributed by atoms with Crippen LogP contribution in [0.3, 0.4) is 0 Å². The first-order valence-electron chi connectivity index (χ1n) is 4.17. The Labute approximate surface area is 66.7 Å². The van der Waals surface area contributed by atoms with Crippen LogP contribution in [0, 0.1) is 5.92 Å². The van der Waals surface area contributed by atoms with Gasteiger partial charge in [0.15, 0.2) is 0 Å². The first kappa shape index (κ1) is 8.97. The molecule has 0 radical (unpaired) electrons. The van der Waals surface area contributed by atoms with Crippen molar-refractivity contribution in [3.05, 3.63) is 0 Å². The number of hydrogen-bond acceptors (Lipinski definition) is 3. The average Bonchev–Trinajstić information content (AvgIpc) is 1.94. The van der Waals surface area contributed by atoms with Crippen LogP contribution in [0.1, 0.15) is 26.2 Å². The predicted octanol–water partition coefficient (Wildman–Crippen LogP) is -0.111. The molecule has 3 nitrogen and oxygen atoms in total. The van der Waals surface area contributed by atoms with Crippen LogP contribution >= 0.6 is 0 Å². The molecule has 0 spiro atoms. The minimum atomic E-state index is -0.733. The summed E-state index contributed by atoms with van der Waals surface area (Å²) < 4.78 is 0. The Bertz CT molecular complexity index is 125. The van der Waals surface area contributed by atoms with Crippen molar-refractivity contribution in [2.75, 3.05) is 0 Å². The minimum Gasteiger partial charge on any atom is -0.393 e. The first-order chi connectivity index (χ1) is 5.13. The molecule has 1 aliphatic carbocycles. The molecule has 1 rings (SSSR count). The Morgan fingerprint density at radius 2 is 1.91 bits per heavy atom. The molecule has 1 fully saturated rings. The highest BCUT2D eigenvalue weighted by Gasteiger charge is 2.32. The maximum Gasteiger partial charge on any atom is 0.0851 e. The third-order valence-electron chi connectivity index (χ3n) is 2.49. The van der Waals surface area contributed by atoms with Crippen molar-refractivity contribution in [1.82, 2.24) is 0 Å². The van der Waals surface area contributed by atoms with E-state index in [4.69, 9.17) is 0 Å². The fourth-order valence-electron chi connectivity index (χ4n) is 1.72. The number of hydrogen-bond donors (Lipinski definition) is 3. The van der Waals surface area contributed by atoms with Gasteiger partial charge >= 0.3 is 0 Å². The molecule has 3 heteroatoms. The van der Waals surface area contributed by atoms with E-state index in [2.05, 4.69) is 0 Å². The van der Waals surface area contributed by atoms with Crippen molar-refractivity contribution in [2.45, 2.75) is 44.5 Å². The zero-order valence-corrected chi connectivity index (χ0v) is 6.77. The van der Waals surface area contributed by atoms with Gasteiger partial charge in [-0.3, -0.25) is 0 Å². The molecule has 1 aliphatic rings. The number of aliphatic hydroxyl groups is 3. The standard InChI is InChI=1S/C8H16O3/c1-5(9)6-3-2-4-7(10)8(6)11/h5-11H,2-4H2,1H3/t5?,6-,7-,8-/m1/s1. The monoisotopic (exact) mass is 160 g/mol. The summed E-state index contributed by atoms with van der Waals surface area (Å²) in [7, 11) is 0. The molecule has 11 heavy (non-hydrogen) atoms. The number of aliphatic hydroxyl groups excluding tert-OH is 3. The van der Waals surface area contributed by atoms with Gasteiger partial charge in [-0.1, -0.05) is 6.42 Å². The van der Waals surface area contributed by atoms with Gasteiger partial charge in [-0.15, -0.1) is 0 Å². The maximum absolute atomic E-state index is 9.40. The van der Waals surface area contributed by atoms with Gasteiger partial charge in [-0.25, -0.2) is 0 Å². The highest BCUT2D eigenvalue weighted by molar-refractivity contribution is 4.83. The second kappa shape index (κ2) is 3.52. The Morgan fingerprint density at radius 3 is 2.36 bits per heavy atom. The summed E-state index contributed by atoms with van der Waals surface area (Å²) in [6.45, 7) is 1.66. The van der Waals surface area contributed by atoms with Gasteiger partial charge < -0.3 is 15.3 Å². The first-order valence-corrected chi connectivity index (χ1v) is 4.17. The lowest BCUT2D eigenvalue weighted by atomic mass is 9.81. The highest BCUT2D eigenvalue weighted by Crippen LogP contribution is 2.27. The topological polar surface area (TPSA) is 60.7 Å². The van der Waals surface area contributed by atoms with E-state index in [0.29, 0.717) is 6.42 Å². The van der Waals surface area contributed by atoms with Gasteiger partial charge in [0.1, 0.15) is 0 Å². The predicted molar refractivity (Wildman–Crippen MR) is 41.0 cm³/mol. The van der Waals surface area contributed by atoms with Crippen molar-refractivity contribution in [1.29, 1.82) is 0 Å². The smallest absolute Gasteiger partial charge is 0.0851 e. The average molecular weight is 160 g/mol. The third kappa shape index (κ3) is 1.92. The van der Waals surface area contributed by atoms with Crippen molar-refractivity contribution in [2.24, 2.45) is 5.92 Å². The zero-order valence-electron chi connectivity index (χ0n) is 6.77. The van der Waals surface area contributed by atoms with Crippen LogP contribution in [0.25, 0.3) is 0 Å². The summed E-state index contributed by atoms with van der Waals surface area (Å²) in [5.41, 5.74) is 0. The molecule has 0 aromatic carbocycles. The summed E-state index contributed by atoms with van der Waals surface area (Å²) in [4.78, 5) is 0. The zero-order chi connectivity index (χ0) is 8.43. The van der Waals surface area contributed by atoms with Crippen molar-refractivity contribution in [3.63, 3.8) is 0 Å². The van der Waals surface area contributed by atoms with E-state index in [1.807, 2.05) is 0 Å². The quantitative estimate of drug-likeness (QED) is 0.501. The van der Waals surface area contributed by atoms with Crippen LogP contribution in [0.5, 0.6) is 0 Å². The summed E-state index contributed by atoms with van der Waals surface area (Å²) in [5.74, 6) is -0.140. The maximum atomic E-state index is 9.40. The number of rotatable bonds is 1. The molecule has 1 saturated carbocycles. The summed E-state index contributed by atoms with van der Waals surface area (Å²) in [5, 5.41) is 27.8. The van der Waals surface area contributed by atoms with Gasteiger partial charge in [0.2, 0.25) is 0 Å². The van der Waals surface area contributed by atoms with Crippen LogP contribution in [-0.4, -0.2) is 33.6 Å². The van der Waals surface area contributed by atoms with E-state index in [0.717, 1.165) is 12.8 Å². The van der Waals surface area contributed by atoms with Gasteiger partial charge in [0, 0.05) is 5.92 Å². The van der Waals surface area contributed by atoms with Crippen LogP contribution in [-0.2, 0) is 0 Å². The van der Waals surface area contributed by atoms with Gasteiger partial charge in [-0.2, -0.15) is 0 Å². The van der Waals surface area contributed by atoms with E-state index < -0.39 is 18.3 Å². The normalized spacial score (nSPS) is 42.0. The molecular formula is C8H16O3. The second-order valence-electron chi connectivity index (χ2n) is 3.39. The van der Waals surface area contributed by atoms with Crippen LogP contribution in [0.2, 0.25) is 0 Å². The third-order valence-corrected chi connectivity index (χ3v) is 2.49. The van der Waals surface area contributed by atoms with Gasteiger partial charge in [0.25, 0.3) is 0 Å². The molecule has 4 atom stereocenters. The van der Waals surface area contributed by atoms with E-state index in [9.17, 15) is 15.3 Å². The summed E-state index contributed by atoms with van der Waals surface area (Å²) in [6, 6.07) is 0. The molecule has 3 N–H and O–H groups in total. The SMILES string of the molecule is CC(O)[C@H]1CCC[C@@H](O)[C@@H]1O. The van der Waals surface area contributed by atoms with Crippen molar-refractivity contribution in [3.8, 4) is 0 Å². The van der Waals surface area contributed by atoms with Crippen molar-refractivity contribution >= 4 is 0 Å². The van der Waals surface area contributed by atoms with E-state index in [1.54, 1.807) is 6.92 Å². The molecule has 0 aliphatic heterocycles. The van der Waals surface area contributed by atoms with E-state index >= 15 is 0 Å². The van der Waals surface area contributed by atoms with Crippen LogP contribution in [0.4, 0.5) is 0 Å². The van der Waals surface area contributed by atoms with Crippen molar-refractivity contribution < 1.29 is 15.3 Å². The molecule has 0 amide bonds. The fraction of sp³-hybridized carbons (Fsp3) is 1.00. The van der Waals surface area contributed by atoms with E-state index in [1.165, 1.54) is 0 Å². The highest BCUT2D eigenvalue weighted by atomic mass is 16.3. The van der Waals surface area contributed by atoms with Crippen LogP contribution < -0.4 is 0 Å². The lowest BCUT2D eigenvalue weighted by Gasteiger charge is -2.33. The summed E-state index contributed by atoms with van der Waals surface area (Å²) in [6.07, 6.45) is 0.487. The Hall–Kier alpha value is -0.120. The van der Waals surface area contributed by atoms with Gasteiger partial charge in [-0.05, 0) is 19.8 Å². The molecule has 0 saturated heterocycles. The molecule has 0 aromatic heterocycles. The molecular weight excluding hydrogens is 144 g/mol. The van der Waals surface area contributed by atoms with Gasteiger partial charge in [0.05, 0.1) is 18.3 Å². The lowest BCUT2D eigenvalue weighted by Crippen LogP contribution is -2.42. The Morgan fingerprint density at radius 1 is 1.27 bits per heavy atom. The molecule has 66 valence electrons. The molecule has 0 aromatic rings. The minimum absolute atomic E-state index is 0.140. The summed E-state index contributed by atoms with van der Waals surface area (Å²) >= 11 is 0. The molecule has 1 unspecified atom stereocenters. The molecule has 0 bridgehead atoms. The Kier molecular flexibility index (Phi) is 2.87. The fourth-order valence-corrected chi connectivity index (χ4v) is 1.72.